The van der Waals surface area contributed by atoms with Crippen LogP contribution in [0.15, 0.2) is 42.5 Å². The van der Waals surface area contributed by atoms with Crippen molar-refractivity contribution in [1.29, 1.82) is 0 Å². The number of halogens is 2. The normalized spacial score (nSPS) is 10.6. The van der Waals surface area contributed by atoms with Gasteiger partial charge in [-0.2, -0.15) is 0 Å². The van der Waals surface area contributed by atoms with Crippen molar-refractivity contribution in [2.75, 3.05) is 11.9 Å². The lowest BCUT2D eigenvalue weighted by atomic mass is 10.0. The predicted octanol–water partition coefficient (Wildman–Crippen LogP) is 5.13. The maximum Gasteiger partial charge on any atom is 0.262 e. The molecule has 0 aliphatic heterocycles. The third kappa shape index (κ3) is 4.39. The number of carbonyl (C=O) groups excluding carboxylic acids is 1. The Morgan fingerprint density at radius 2 is 1.86 bits per heavy atom. The number of rotatable bonds is 5. The Bertz CT molecular complexity index is 671. The van der Waals surface area contributed by atoms with Crippen molar-refractivity contribution >= 4 is 34.8 Å². The molecular weight excluding hydrogens is 321 g/mol. The average molecular weight is 338 g/mol. The first kappa shape index (κ1) is 16.7. The predicted molar refractivity (Wildman–Crippen MR) is 91.1 cm³/mol. The van der Waals surface area contributed by atoms with Crippen LogP contribution in [-0.4, -0.2) is 12.5 Å². The summed E-state index contributed by atoms with van der Waals surface area (Å²) < 4.78 is 5.62. The Labute approximate surface area is 140 Å². The van der Waals surface area contributed by atoms with Crippen molar-refractivity contribution in [2.45, 2.75) is 19.8 Å². The van der Waals surface area contributed by atoms with Crippen LogP contribution in [0.5, 0.6) is 5.75 Å². The van der Waals surface area contributed by atoms with E-state index in [4.69, 9.17) is 27.9 Å². The lowest BCUT2D eigenvalue weighted by molar-refractivity contribution is -0.118. The van der Waals surface area contributed by atoms with Gasteiger partial charge < -0.3 is 10.1 Å². The third-order valence-electron chi connectivity index (χ3n) is 3.10. The summed E-state index contributed by atoms with van der Waals surface area (Å²) in [4.78, 5) is 12.0. The van der Waals surface area contributed by atoms with Crippen LogP contribution >= 0.6 is 23.2 Å². The summed E-state index contributed by atoms with van der Waals surface area (Å²) in [6.45, 7) is 4.10. The molecular formula is C17H17Cl2NO2. The van der Waals surface area contributed by atoms with E-state index in [0.717, 1.165) is 11.3 Å². The number of amides is 1. The molecule has 0 saturated carbocycles. The minimum atomic E-state index is -0.253. The SMILES string of the molecule is CC(C)c1ccccc1OCC(=O)Nc1ccc(Cl)c(Cl)c1. The molecule has 0 atom stereocenters. The second kappa shape index (κ2) is 7.52. The summed E-state index contributed by atoms with van der Waals surface area (Å²) in [7, 11) is 0. The molecule has 1 N–H and O–H groups in total. The molecule has 0 fully saturated rings. The number of para-hydroxylation sites is 1. The molecule has 3 nitrogen and oxygen atoms in total. The van der Waals surface area contributed by atoms with Gasteiger partial charge in [-0.15, -0.1) is 0 Å². The number of anilines is 1. The van der Waals surface area contributed by atoms with Gasteiger partial charge in [0.05, 0.1) is 10.0 Å². The Balaban J connectivity index is 1.97. The fourth-order valence-electron chi connectivity index (χ4n) is 2.00. The van der Waals surface area contributed by atoms with Gasteiger partial charge in [0.15, 0.2) is 6.61 Å². The van der Waals surface area contributed by atoms with Gasteiger partial charge in [0, 0.05) is 5.69 Å². The number of ether oxygens (including phenoxy) is 1. The second-order valence-electron chi connectivity index (χ2n) is 5.16. The molecule has 0 aromatic heterocycles. The van der Waals surface area contributed by atoms with Crippen LogP contribution in [0.3, 0.4) is 0 Å². The van der Waals surface area contributed by atoms with Gasteiger partial charge in [-0.3, -0.25) is 4.79 Å². The van der Waals surface area contributed by atoms with Crippen molar-refractivity contribution < 1.29 is 9.53 Å². The van der Waals surface area contributed by atoms with E-state index >= 15 is 0 Å². The highest BCUT2D eigenvalue weighted by molar-refractivity contribution is 6.42. The van der Waals surface area contributed by atoms with Crippen molar-refractivity contribution in [3.63, 3.8) is 0 Å². The van der Waals surface area contributed by atoms with Crippen molar-refractivity contribution in [2.24, 2.45) is 0 Å². The molecule has 2 aromatic carbocycles. The van der Waals surface area contributed by atoms with Crippen molar-refractivity contribution in [3.05, 3.63) is 58.1 Å². The van der Waals surface area contributed by atoms with Crippen LogP contribution in [0.2, 0.25) is 10.0 Å². The summed E-state index contributed by atoms with van der Waals surface area (Å²) in [5.41, 5.74) is 1.66. The fraction of sp³-hybridized carbons (Fsp3) is 0.235. The van der Waals surface area contributed by atoms with Crippen LogP contribution in [0, 0.1) is 0 Å². The first-order valence-electron chi connectivity index (χ1n) is 6.94. The molecule has 22 heavy (non-hydrogen) atoms. The van der Waals surface area contributed by atoms with E-state index in [-0.39, 0.29) is 12.5 Å². The molecule has 0 heterocycles. The molecule has 1 amide bonds. The Kier molecular flexibility index (Phi) is 5.69. The first-order chi connectivity index (χ1) is 10.5. The maximum absolute atomic E-state index is 12.0. The topological polar surface area (TPSA) is 38.3 Å². The van der Waals surface area contributed by atoms with Crippen LogP contribution < -0.4 is 10.1 Å². The maximum atomic E-state index is 12.0. The van der Waals surface area contributed by atoms with Gasteiger partial charge in [0.2, 0.25) is 0 Å². The summed E-state index contributed by atoms with van der Waals surface area (Å²) in [5.74, 6) is 0.799. The van der Waals surface area contributed by atoms with Gasteiger partial charge in [-0.1, -0.05) is 55.2 Å². The number of benzene rings is 2. The van der Waals surface area contributed by atoms with E-state index in [1.54, 1.807) is 18.2 Å². The zero-order chi connectivity index (χ0) is 16.1. The zero-order valence-electron chi connectivity index (χ0n) is 12.4. The fourth-order valence-corrected chi connectivity index (χ4v) is 2.30. The molecule has 0 spiro atoms. The lowest BCUT2D eigenvalue weighted by Crippen LogP contribution is -2.20. The Hall–Kier alpha value is -1.71. The van der Waals surface area contributed by atoms with Gasteiger partial charge in [-0.05, 0) is 35.7 Å². The minimum Gasteiger partial charge on any atom is -0.483 e. The average Bonchev–Trinajstić information content (AvgIpc) is 2.49. The Morgan fingerprint density at radius 1 is 1.14 bits per heavy atom. The van der Waals surface area contributed by atoms with E-state index in [1.807, 2.05) is 24.3 Å². The highest BCUT2D eigenvalue weighted by Gasteiger charge is 2.10. The summed E-state index contributed by atoms with van der Waals surface area (Å²) >= 11 is 11.7. The molecule has 0 radical (unpaired) electrons. The number of hydrogen-bond donors (Lipinski definition) is 1. The molecule has 0 aliphatic carbocycles. The standard InChI is InChI=1S/C17H17Cl2NO2/c1-11(2)13-5-3-4-6-16(13)22-10-17(21)20-12-7-8-14(18)15(19)9-12/h3-9,11H,10H2,1-2H3,(H,20,21). The molecule has 2 aromatic rings. The van der Waals surface area contributed by atoms with E-state index < -0.39 is 0 Å². The van der Waals surface area contributed by atoms with Crippen LogP contribution in [-0.2, 0) is 4.79 Å². The van der Waals surface area contributed by atoms with Crippen molar-refractivity contribution in [1.82, 2.24) is 0 Å². The zero-order valence-corrected chi connectivity index (χ0v) is 13.9. The molecule has 5 heteroatoms. The molecule has 2 rings (SSSR count). The molecule has 0 saturated heterocycles. The number of nitrogens with one attached hydrogen (secondary N) is 1. The van der Waals surface area contributed by atoms with Crippen LogP contribution in [0.1, 0.15) is 25.3 Å². The summed E-state index contributed by atoms with van der Waals surface area (Å²) in [6.07, 6.45) is 0. The molecule has 116 valence electrons. The highest BCUT2D eigenvalue weighted by Crippen LogP contribution is 2.26. The van der Waals surface area contributed by atoms with E-state index in [9.17, 15) is 4.79 Å². The third-order valence-corrected chi connectivity index (χ3v) is 3.84. The van der Waals surface area contributed by atoms with Crippen LogP contribution in [0.25, 0.3) is 0 Å². The van der Waals surface area contributed by atoms with Gasteiger partial charge in [0.25, 0.3) is 5.91 Å². The van der Waals surface area contributed by atoms with Crippen LogP contribution in [0.4, 0.5) is 5.69 Å². The number of carbonyl (C=O) groups is 1. The molecule has 0 bridgehead atoms. The minimum absolute atomic E-state index is 0.0655. The lowest BCUT2D eigenvalue weighted by Gasteiger charge is -2.13. The van der Waals surface area contributed by atoms with E-state index in [0.29, 0.717) is 21.7 Å². The molecule has 0 unspecified atom stereocenters. The first-order valence-corrected chi connectivity index (χ1v) is 7.69. The smallest absolute Gasteiger partial charge is 0.262 e. The monoisotopic (exact) mass is 337 g/mol. The van der Waals surface area contributed by atoms with E-state index in [2.05, 4.69) is 19.2 Å². The Morgan fingerprint density at radius 3 is 2.55 bits per heavy atom. The second-order valence-corrected chi connectivity index (χ2v) is 5.97. The molecule has 0 aliphatic rings. The summed E-state index contributed by atoms with van der Waals surface area (Å²) in [6, 6.07) is 12.6. The highest BCUT2D eigenvalue weighted by atomic mass is 35.5. The number of hydrogen-bond acceptors (Lipinski definition) is 2. The van der Waals surface area contributed by atoms with E-state index in [1.165, 1.54) is 0 Å². The van der Waals surface area contributed by atoms with Crippen molar-refractivity contribution in [3.8, 4) is 5.75 Å². The van der Waals surface area contributed by atoms with Gasteiger partial charge in [-0.25, -0.2) is 0 Å². The van der Waals surface area contributed by atoms with Gasteiger partial charge in [0.1, 0.15) is 5.75 Å². The quantitative estimate of drug-likeness (QED) is 0.820. The largest absolute Gasteiger partial charge is 0.483 e. The van der Waals surface area contributed by atoms with Gasteiger partial charge >= 0.3 is 0 Å². The summed E-state index contributed by atoms with van der Waals surface area (Å²) in [5, 5.41) is 3.56.